The Balaban J connectivity index is 1.80. The molecule has 0 spiro atoms. The largest absolute Gasteiger partial charge is 0.391 e. The van der Waals surface area contributed by atoms with Gasteiger partial charge in [-0.3, -0.25) is 0 Å². The van der Waals surface area contributed by atoms with Gasteiger partial charge in [0, 0.05) is 18.0 Å². The predicted octanol–water partition coefficient (Wildman–Crippen LogP) is 2.78. The van der Waals surface area contributed by atoms with Gasteiger partial charge in [0.1, 0.15) is 17.0 Å². The summed E-state index contributed by atoms with van der Waals surface area (Å²) >= 11 is 1.84. The van der Waals surface area contributed by atoms with E-state index in [1.54, 1.807) is 6.33 Å². The number of thiophene rings is 1. The minimum Gasteiger partial charge on any atom is -0.391 e. The van der Waals surface area contributed by atoms with Crippen LogP contribution in [-0.2, 0) is 12.8 Å². The van der Waals surface area contributed by atoms with Gasteiger partial charge in [-0.2, -0.15) is 0 Å². The molecule has 2 aromatic rings. The zero-order valence-corrected chi connectivity index (χ0v) is 13.2. The van der Waals surface area contributed by atoms with Gasteiger partial charge in [-0.25, -0.2) is 9.97 Å². The molecule has 4 nitrogen and oxygen atoms in total. The van der Waals surface area contributed by atoms with Crippen molar-refractivity contribution in [3.05, 3.63) is 16.8 Å². The number of piperidine rings is 1. The number of fused-ring (bicyclic) bond motifs is 3. The fraction of sp³-hybridized carbons (Fsp3) is 0.625. The van der Waals surface area contributed by atoms with E-state index in [9.17, 15) is 5.11 Å². The van der Waals surface area contributed by atoms with Gasteiger partial charge in [-0.1, -0.05) is 6.92 Å². The van der Waals surface area contributed by atoms with E-state index < -0.39 is 0 Å². The number of aliphatic hydroxyl groups is 1. The van der Waals surface area contributed by atoms with Crippen LogP contribution in [0.25, 0.3) is 10.2 Å². The Morgan fingerprint density at radius 3 is 3.00 bits per heavy atom. The van der Waals surface area contributed by atoms with E-state index >= 15 is 0 Å². The molecule has 2 aromatic heterocycles. The SMILES string of the molecule is CC1CCN(c2ncnc3sc4c(c23)CCCC4)CC1O. The maximum absolute atomic E-state index is 10.2. The zero-order valence-electron chi connectivity index (χ0n) is 12.4. The average Bonchev–Trinajstić information content (AvgIpc) is 2.88. The first-order valence-electron chi connectivity index (χ1n) is 7.92. The quantitative estimate of drug-likeness (QED) is 0.880. The molecule has 2 unspecified atom stereocenters. The summed E-state index contributed by atoms with van der Waals surface area (Å²) in [5.41, 5.74) is 1.48. The molecule has 5 heteroatoms. The summed E-state index contributed by atoms with van der Waals surface area (Å²) in [6.45, 7) is 3.80. The van der Waals surface area contributed by atoms with Gasteiger partial charge in [0.2, 0.25) is 0 Å². The molecule has 1 N–H and O–H groups in total. The Morgan fingerprint density at radius 2 is 2.14 bits per heavy atom. The van der Waals surface area contributed by atoms with Crippen LogP contribution in [0.3, 0.4) is 0 Å². The van der Waals surface area contributed by atoms with Crippen molar-refractivity contribution in [3.8, 4) is 0 Å². The van der Waals surface area contributed by atoms with Crippen molar-refractivity contribution in [2.45, 2.75) is 45.1 Å². The lowest BCUT2D eigenvalue weighted by Gasteiger charge is -2.35. The van der Waals surface area contributed by atoms with E-state index in [1.165, 1.54) is 35.1 Å². The lowest BCUT2D eigenvalue weighted by molar-refractivity contribution is 0.103. The van der Waals surface area contributed by atoms with Gasteiger partial charge < -0.3 is 10.0 Å². The third-order valence-corrected chi connectivity index (χ3v) is 6.15. The summed E-state index contributed by atoms with van der Waals surface area (Å²) in [5.74, 6) is 1.43. The molecule has 1 aliphatic heterocycles. The minimum absolute atomic E-state index is 0.252. The van der Waals surface area contributed by atoms with Crippen LogP contribution in [0.5, 0.6) is 0 Å². The Bertz CT molecular complexity index is 669. The highest BCUT2D eigenvalue weighted by molar-refractivity contribution is 7.19. The summed E-state index contributed by atoms with van der Waals surface area (Å²) in [4.78, 5) is 14.0. The first-order valence-corrected chi connectivity index (χ1v) is 8.74. The molecular weight excluding hydrogens is 282 g/mol. The molecular formula is C16H21N3OS. The number of aromatic nitrogens is 2. The lowest BCUT2D eigenvalue weighted by atomic mass is 9.94. The molecule has 112 valence electrons. The number of aryl methyl sites for hydroxylation is 2. The van der Waals surface area contributed by atoms with Gasteiger partial charge in [0.15, 0.2) is 0 Å². The standard InChI is InChI=1S/C16H21N3OS/c1-10-6-7-19(8-12(10)20)15-14-11-4-2-3-5-13(11)21-16(14)18-9-17-15/h9-10,12,20H,2-8H2,1H3. The van der Waals surface area contributed by atoms with E-state index in [0.29, 0.717) is 12.5 Å². The number of β-amino-alcohol motifs (C(OH)–C–C–N with tert-alkyl or cyclic N) is 1. The summed E-state index contributed by atoms with van der Waals surface area (Å²) in [6, 6.07) is 0. The predicted molar refractivity (Wildman–Crippen MR) is 86.1 cm³/mol. The van der Waals surface area contributed by atoms with E-state index in [1.807, 2.05) is 11.3 Å². The van der Waals surface area contributed by atoms with E-state index in [2.05, 4.69) is 21.8 Å². The second-order valence-corrected chi connectivity index (χ2v) is 7.45. The normalized spacial score (nSPS) is 26.1. The van der Waals surface area contributed by atoms with Crippen LogP contribution in [0.4, 0.5) is 5.82 Å². The van der Waals surface area contributed by atoms with E-state index in [0.717, 1.165) is 30.0 Å². The summed E-state index contributed by atoms with van der Waals surface area (Å²) in [6.07, 6.45) is 7.37. The summed E-state index contributed by atoms with van der Waals surface area (Å²) in [5, 5.41) is 11.5. The Kier molecular flexibility index (Phi) is 3.34. The van der Waals surface area contributed by atoms with Crippen LogP contribution in [0, 0.1) is 5.92 Å². The van der Waals surface area contributed by atoms with Gasteiger partial charge in [-0.05, 0) is 43.6 Å². The monoisotopic (exact) mass is 303 g/mol. The average molecular weight is 303 g/mol. The third kappa shape index (κ3) is 2.23. The number of anilines is 1. The van der Waals surface area contributed by atoms with Crippen LogP contribution in [0.1, 0.15) is 36.6 Å². The van der Waals surface area contributed by atoms with Crippen molar-refractivity contribution in [3.63, 3.8) is 0 Å². The molecule has 1 fully saturated rings. The van der Waals surface area contributed by atoms with Crippen LogP contribution in [-0.4, -0.2) is 34.3 Å². The number of rotatable bonds is 1. The van der Waals surface area contributed by atoms with Crippen molar-refractivity contribution in [1.82, 2.24) is 9.97 Å². The molecule has 3 heterocycles. The van der Waals surface area contributed by atoms with Gasteiger partial charge in [0.05, 0.1) is 11.5 Å². The highest BCUT2D eigenvalue weighted by Crippen LogP contribution is 2.39. The number of aliphatic hydroxyl groups excluding tert-OH is 1. The number of hydrogen-bond donors (Lipinski definition) is 1. The molecule has 21 heavy (non-hydrogen) atoms. The Morgan fingerprint density at radius 1 is 1.29 bits per heavy atom. The highest BCUT2D eigenvalue weighted by atomic mass is 32.1. The number of hydrogen-bond acceptors (Lipinski definition) is 5. The molecule has 1 saturated heterocycles. The summed E-state index contributed by atoms with van der Waals surface area (Å²) in [7, 11) is 0. The molecule has 0 aromatic carbocycles. The number of nitrogens with zero attached hydrogens (tertiary/aromatic N) is 3. The second kappa shape index (κ2) is 5.21. The topological polar surface area (TPSA) is 49.2 Å². The maximum Gasteiger partial charge on any atom is 0.141 e. The van der Waals surface area contributed by atoms with Crippen molar-refractivity contribution in [1.29, 1.82) is 0 Å². The molecule has 0 bridgehead atoms. The van der Waals surface area contributed by atoms with Gasteiger partial charge >= 0.3 is 0 Å². The minimum atomic E-state index is -0.252. The molecule has 2 aliphatic rings. The van der Waals surface area contributed by atoms with Crippen LogP contribution in [0.15, 0.2) is 6.33 Å². The summed E-state index contributed by atoms with van der Waals surface area (Å²) < 4.78 is 0. The van der Waals surface area contributed by atoms with Gasteiger partial charge in [0.25, 0.3) is 0 Å². The van der Waals surface area contributed by atoms with Crippen molar-refractivity contribution < 1.29 is 5.11 Å². The van der Waals surface area contributed by atoms with E-state index in [4.69, 9.17) is 0 Å². The first kappa shape index (κ1) is 13.5. The first-order chi connectivity index (χ1) is 10.2. The Labute approximate surface area is 128 Å². The fourth-order valence-electron chi connectivity index (χ4n) is 3.55. The van der Waals surface area contributed by atoms with Crippen LogP contribution >= 0.6 is 11.3 Å². The zero-order chi connectivity index (χ0) is 14.4. The maximum atomic E-state index is 10.2. The van der Waals surface area contributed by atoms with E-state index in [-0.39, 0.29) is 6.10 Å². The van der Waals surface area contributed by atoms with Crippen molar-refractivity contribution >= 4 is 27.4 Å². The van der Waals surface area contributed by atoms with Gasteiger partial charge in [-0.15, -0.1) is 11.3 Å². The third-order valence-electron chi connectivity index (χ3n) is 4.95. The smallest absolute Gasteiger partial charge is 0.141 e. The van der Waals surface area contributed by atoms with Crippen molar-refractivity contribution in [2.24, 2.45) is 5.92 Å². The molecule has 4 rings (SSSR count). The highest BCUT2D eigenvalue weighted by Gasteiger charge is 2.28. The molecule has 1 aliphatic carbocycles. The van der Waals surface area contributed by atoms with Crippen molar-refractivity contribution in [2.75, 3.05) is 18.0 Å². The second-order valence-electron chi connectivity index (χ2n) is 6.37. The van der Waals surface area contributed by atoms with Crippen LogP contribution in [0.2, 0.25) is 0 Å². The molecule has 0 radical (unpaired) electrons. The van der Waals surface area contributed by atoms with Crippen LogP contribution < -0.4 is 4.90 Å². The fourth-order valence-corrected chi connectivity index (χ4v) is 4.78. The lowest BCUT2D eigenvalue weighted by Crippen LogP contribution is -2.43. The molecule has 2 atom stereocenters. The molecule has 0 saturated carbocycles. The molecule has 0 amide bonds. The Hall–Kier alpha value is -1.20.